The summed E-state index contributed by atoms with van der Waals surface area (Å²) in [7, 11) is 2.01. The summed E-state index contributed by atoms with van der Waals surface area (Å²) in [6.07, 6.45) is 2.25. The van der Waals surface area contributed by atoms with E-state index in [-0.39, 0.29) is 0 Å². The Kier molecular flexibility index (Phi) is 3.64. The molecule has 3 heteroatoms. The zero-order chi connectivity index (χ0) is 11.5. The summed E-state index contributed by atoms with van der Waals surface area (Å²) in [6, 6.07) is 8.44. The summed E-state index contributed by atoms with van der Waals surface area (Å²) < 4.78 is 1.98. The average Bonchev–Trinajstić information content (AvgIpc) is 2.64. The average molecular weight is 281 g/mol. The highest BCUT2D eigenvalue weighted by Crippen LogP contribution is 2.20. The first-order valence-electron chi connectivity index (χ1n) is 5.69. The second kappa shape index (κ2) is 5.00. The number of nitrogens with zero attached hydrogens (tertiary/aromatic N) is 2. The lowest BCUT2D eigenvalue weighted by atomic mass is 10.0. The zero-order valence-electron chi connectivity index (χ0n) is 9.78. The molecule has 0 saturated heterocycles. The highest BCUT2D eigenvalue weighted by molar-refractivity contribution is 9.09. The first kappa shape index (κ1) is 11.6. The summed E-state index contributed by atoms with van der Waals surface area (Å²) in [6.45, 7) is 2.26. The fraction of sp³-hybridized carbons (Fsp3) is 0.462. The SMILES string of the molecule is CC(CBr)CCc1nn(C)c2ccccc12. The van der Waals surface area contributed by atoms with E-state index in [9.17, 15) is 0 Å². The van der Waals surface area contributed by atoms with E-state index in [1.807, 2.05) is 11.7 Å². The first-order chi connectivity index (χ1) is 7.72. The van der Waals surface area contributed by atoms with Gasteiger partial charge in [-0.3, -0.25) is 4.68 Å². The van der Waals surface area contributed by atoms with Crippen LogP contribution in [0, 0.1) is 5.92 Å². The molecular weight excluding hydrogens is 264 g/mol. The standard InChI is InChI=1S/C13H17BrN2/c1-10(9-14)7-8-12-11-5-3-4-6-13(11)16(2)15-12/h3-6,10H,7-9H2,1-2H3. The molecule has 0 aliphatic heterocycles. The normalized spacial score (nSPS) is 13.2. The second-order valence-corrected chi connectivity index (χ2v) is 5.03. The monoisotopic (exact) mass is 280 g/mol. The van der Waals surface area contributed by atoms with Gasteiger partial charge in [0.05, 0.1) is 11.2 Å². The predicted molar refractivity (Wildman–Crippen MR) is 72.0 cm³/mol. The largest absolute Gasteiger partial charge is 0.268 e. The minimum atomic E-state index is 0.709. The molecule has 0 bridgehead atoms. The van der Waals surface area contributed by atoms with Crippen LogP contribution in [-0.4, -0.2) is 15.1 Å². The Hall–Kier alpha value is -0.830. The molecular formula is C13H17BrN2. The Bertz CT molecular complexity index is 476. The van der Waals surface area contributed by atoms with Gasteiger partial charge in [0.2, 0.25) is 0 Å². The van der Waals surface area contributed by atoms with Crippen LogP contribution in [0.15, 0.2) is 24.3 Å². The van der Waals surface area contributed by atoms with Crippen LogP contribution < -0.4 is 0 Å². The third-order valence-corrected chi connectivity index (χ3v) is 4.08. The summed E-state index contributed by atoms with van der Waals surface area (Å²) in [5.41, 5.74) is 2.45. The lowest BCUT2D eigenvalue weighted by molar-refractivity contribution is 0.590. The van der Waals surface area contributed by atoms with Crippen molar-refractivity contribution in [3.05, 3.63) is 30.0 Å². The molecule has 0 fully saturated rings. The fourth-order valence-electron chi connectivity index (χ4n) is 1.93. The summed E-state index contributed by atoms with van der Waals surface area (Å²) in [4.78, 5) is 0. The van der Waals surface area contributed by atoms with Crippen molar-refractivity contribution in [2.75, 3.05) is 5.33 Å². The molecule has 1 aromatic heterocycles. The second-order valence-electron chi connectivity index (χ2n) is 4.39. The van der Waals surface area contributed by atoms with E-state index in [2.05, 4.69) is 52.2 Å². The van der Waals surface area contributed by atoms with Gasteiger partial charge in [-0.1, -0.05) is 41.1 Å². The van der Waals surface area contributed by atoms with Crippen molar-refractivity contribution in [3.63, 3.8) is 0 Å². The number of aromatic nitrogens is 2. The van der Waals surface area contributed by atoms with Crippen molar-refractivity contribution >= 4 is 26.8 Å². The number of hydrogen-bond donors (Lipinski definition) is 0. The Labute approximate surface area is 105 Å². The maximum atomic E-state index is 4.60. The van der Waals surface area contributed by atoms with Crippen molar-refractivity contribution in [2.24, 2.45) is 13.0 Å². The van der Waals surface area contributed by atoms with Gasteiger partial charge < -0.3 is 0 Å². The topological polar surface area (TPSA) is 17.8 Å². The Morgan fingerprint density at radius 3 is 2.88 bits per heavy atom. The van der Waals surface area contributed by atoms with Gasteiger partial charge in [-0.05, 0) is 24.8 Å². The van der Waals surface area contributed by atoms with Crippen LogP contribution in [0.3, 0.4) is 0 Å². The fourth-order valence-corrected chi connectivity index (χ4v) is 2.26. The number of aryl methyl sites for hydroxylation is 2. The molecule has 2 aromatic rings. The van der Waals surface area contributed by atoms with E-state index in [1.54, 1.807) is 0 Å². The van der Waals surface area contributed by atoms with E-state index in [1.165, 1.54) is 23.0 Å². The van der Waals surface area contributed by atoms with Gasteiger partial charge in [-0.2, -0.15) is 5.10 Å². The van der Waals surface area contributed by atoms with Gasteiger partial charge in [0, 0.05) is 17.8 Å². The molecule has 0 aliphatic carbocycles. The highest BCUT2D eigenvalue weighted by atomic mass is 79.9. The lowest BCUT2D eigenvalue weighted by Gasteiger charge is -2.04. The number of rotatable bonds is 4. The van der Waals surface area contributed by atoms with Gasteiger partial charge in [0.25, 0.3) is 0 Å². The molecule has 1 heterocycles. The van der Waals surface area contributed by atoms with Gasteiger partial charge in [-0.25, -0.2) is 0 Å². The summed E-state index contributed by atoms with van der Waals surface area (Å²) >= 11 is 3.52. The molecule has 1 unspecified atom stereocenters. The van der Waals surface area contributed by atoms with Gasteiger partial charge >= 0.3 is 0 Å². The van der Waals surface area contributed by atoms with Gasteiger partial charge in [0.15, 0.2) is 0 Å². The molecule has 0 radical (unpaired) electrons. The maximum absolute atomic E-state index is 4.60. The number of hydrogen-bond acceptors (Lipinski definition) is 1. The minimum Gasteiger partial charge on any atom is -0.268 e. The van der Waals surface area contributed by atoms with E-state index in [4.69, 9.17) is 0 Å². The smallest absolute Gasteiger partial charge is 0.0703 e. The van der Waals surface area contributed by atoms with Crippen LogP contribution in [0.1, 0.15) is 19.0 Å². The molecule has 0 N–H and O–H groups in total. The van der Waals surface area contributed by atoms with E-state index >= 15 is 0 Å². The Balaban J connectivity index is 2.24. The molecule has 2 rings (SSSR count). The molecule has 16 heavy (non-hydrogen) atoms. The van der Waals surface area contributed by atoms with Crippen molar-refractivity contribution in [1.29, 1.82) is 0 Å². The van der Waals surface area contributed by atoms with Crippen LogP contribution in [0.5, 0.6) is 0 Å². The van der Waals surface area contributed by atoms with Crippen LogP contribution in [0.25, 0.3) is 10.9 Å². The molecule has 0 amide bonds. The minimum absolute atomic E-state index is 0.709. The van der Waals surface area contributed by atoms with Gasteiger partial charge in [0.1, 0.15) is 0 Å². The first-order valence-corrected chi connectivity index (χ1v) is 6.81. The summed E-state index contributed by atoms with van der Waals surface area (Å²) in [5, 5.41) is 6.96. The van der Waals surface area contributed by atoms with Gasteiger partial charge in [-0.15, -0.1) is 0 Å². The number of alkyl halides is 1. The number of benzene rings is 1. The van der Waals surface area contributed by atoms with E-state index < -0.39 is 0 Å². The summed E-state index contributed by atoms with van der Waals surface area (Å²) in [5.74, 6) is 0.709. The molecule has 0 saturated carbocycles. The van der Waals surface area contributed by atoms with E-state index in [0.717, 1.165) is 11.8 Å². The number of fused-ring (bicyclic) bond motifs is 1. The predicted octanol–water partition coefficient (Wildman–Crippen LogP) is 3.54. The zero-order valence-corrected chi connectivity index (χ0v) is 11.4. The number of para-hydroxylation sites is 1. The Morgan fingerprint density at radius 1 is 1.38 bits per heavy atom. The van der Waals surface area contributed by atoms with Crippen LogP contribution in [-0.2, 0) is 13.5 Å². The van der Waals surface area contributed by atoms with Crippen molar-refractivity contribution in [3.8, 4) is 0 Å². The molecule has 0 aliphatic rings. The van der Waals surface area contributed by atoms with Crippen LogP contribution >= 0.6 is 15.9 Å². The molecule has 1 aromatic carbocycles. The van der Waals surface area contributed by atoms with Crippen molar-refractivity contribution in [2.45, 2.75) is 19.8 Å². The third-order valence-electron chi connectivity index (χ3n) is 2.97. The third kappa shape index (κ3) is 2.29. The molecule has 1 atom stereocenters. The lowest BCUT2D eigenvalue weighted by Crippen LogP contribution is -1.99. The highest BCUT2D eigenvalue weighted by Gasteiger charge is 2.09. The van der Waals surface area contributed by atoms with Crippen molar-refractivity contribution in [1.82, 2.24) is 9.78 Å². The molecule has 86 valence electrons. The number of halogens is 1. The quantitative estimate of drug-likeness (QED) is 0.784. The molecule has 0 spiro atoms. The Morgan fingerprint density at radius 2 is 2.12 bits per heavy atom. The van der Waals surface area contributed by atoms with Crippen LogP contribution in [0.2, 0.25) is 0 Å². The maximum Gasteiger partial charge on any atom is 0.0703 e. The van der Waals surface area contributed by atoms with Crippen LogP contribution in [0.4, 0.5) is 0 Å². The van der Waals surface area contributed by atoms with Crippen molar-refractivity contribution < 1.29 is 0 Å². The van der Waals surface area contributed by atoms with E-state index in [0.29, 0.717) is 5.92 Å². The molecule has 2 nitrogen and oxygen atoms in total.